The molecule has 1 aliphatic heterocycles. The van der Waals surface area contributed by atoms with Crippen molar-refractivity contribution < 1.29 is 23.6 Å². The fourth-order valence-electron chi connectivity index (χ4n) is 2.88. The van der Waals surface area contributed by atoms with Crippen LogP contribution in [0, 0.1) is 11.3 Å². The zero-order valence-corrected chi connectivity index (χ0v) is 17.3. The van der Waals surface area contributed by atoms with Crippen LogP contribution in [0.2, 0.25) is 0 Å². The minimum Gasteiger partial charge on any atom is -0.461 e. The number of carbonyl (C=O) groups excluding carboxylic acids is 1. The fourth-order valence-corrected chi connectivity index (χ4v) is 2.88. The van der Waals surface area contributed by atoms with Crippen LogP contribution >= 0.6 is 0 Å². The van der Waals surface area contributed by atoms with Crippen LogP contribution in [-0.2, 0) is 25.4 Å². The lowest BCUT2D eigenvalue weighted by Crippen LogP contribution is -2.41. The monoisotopic (exact) mass is 393 g/mol. The second kappa shape index (κ2) is 7.90. The lowest BCUT2D eigenvalue weighted by Gasteiger charge is -2.32. The molecule has 1 saturated heterocycles. The van der Waals surface area contributed by atoms with Gasteiger partial charge in [0.2, 0.25) is 0 Å². The second-order valence-electron chi connectivity index (χ2n) is 7.97. The first-order chi connectivity index (χ1) is 13.6. The highest BCUT2D eigenvalue weighted by Crippen LogP contribution is 2.37. The largest absolute Gasteiger partial charge is 0.495 e. The Hall–Kier alpha value is -2.82. The first-order valence-corrected chi connectivity index (χ1v) is 9.41. The third-order valence-corrected chi connectivity index (χ3v) is 5.27. The molecular weight excluding hydrogens is 369 g/mol. The number of nitriles is 1. The van der Waals surface area contributed by atoms with E-state index in [1.807, 2.05) is 45.9 Å². The van der Waals surface area contributed by atoms with Crippen LogP contribution in [0.3, 0.4) is 0 Å². The van der Waals surface area contributed by atoms with Gasteiger partial charge in [-0.1, -0.05) is 6.07 Å². The van der Waals surface area contributed by atoms with Gasteiger partial charge in [-0.3, -0.25) is 4.79 Å². The molecule has 150 valence electrons. The van der Waals surface area contributed by atoms with Crippen molar-refractivity contribution >= 4 is 18.6 Å². The molecule has 0 radical (unpaired) electrons. The summed E-state index contributed by atoms with van der Waals surface area (Å²) in [6, 6.07) is 14.4. The lowest BCUT2D eigenvalue weighted by atomic mass is 9.76. The van der Waals surface area contributed by atoms with E-state index in [-0.39, 0.29) is 12.6 Å². The average Bonchev–Trinajstić information content (AvgIpc) is 2.88. The molecule has 0 aromatic heterocycles. The molecule has 7 heteroatoms. The predicted octanol–water partition coefficient (Wildman–Crippen LogP) is 3.71. The molecule has 0 amide bonds. The van der Waals surface area contributed by atoms with Crippen LogP contribution < -0.4 is 10.2 Å². The van der Waals surface area contributed by atoms with E-state index in [0.29, 0.717) is 17.1 Å². The molecule has 1 fully saturated rings. The molecule has 2 aromatic rings. The minimum atomic E-state index is -0.575. The molecule has 1 aliphatic rings. The van der Waals surface area contributed by atoms with E-state index in [1.165, 1.54) is 6.92 Å². The Morgan fingerprint density at radius 1 is 1.03 bits per heavy atom. The highest BCUT2D eigenvalue weighted by atomic mass is 16.7. The Kier molecular flexibility index (Phi) is 5.69. The van der Waals surface area contributed by atoms with Crippen molar-refractivity contribution in [2.45, 2.75) is 52.4 Å². The zero-order valence-electron chi connectivity index (χ0n) is 17.3. The van der Waals surface area contributed by atoms with Crippen molar-refractivity contribution in [1.29, 1.82) is 5.26 Å². The Morgan fingerprint density at radius 3 is 2.17 bits per heavy atom. The number of carbonyl (C=O) groups is 1. The number of benzene rings is 2. The Balaban J connectivity index is 1.88. The van der Waals surface area contributed by atoms with Crippen molar-refractivity contribution in [3.63, 3.8) is 0 Å². The van der Waals surface area contributed by atoms with Gasteiger partial charge in [-0.15, -0.1) is 0 Å². The summed E-state index contributed by atoms with van der Waals surface area (Å²) in [4.78, 5) is 11.3. The van der Waals surface area contributed by atoms with E-state index in [9.17, 15) is 4.79 Å². The van der Waals surface area contributed by atoms with Gasteiger partial charge in [0.25, 0.3) is 0 Å². The van der Waals surface area contributed by atoms with Crippen molar-refractivity contribution in [3.05, 3.63) is 53.6 Å². The molecule has 29 heavy (non-hydrogen) atoms. The SMILES string of the molecule is CC(=O)OCc1cc(Oc2ccc(C#N)cc2)ccc1B1OC(C)(C)C(C)(C)O1. The summed E-state index contributed by atoms with van der Waals surface area (Å²) in [5.41, 5.74) is 1.13. The minimum absolute atomic E-state index is 0.0827. The van der Waals surface area contributed by atoms with Gasteiger partial charge >= 0.3 is 13.1 Å². The van der Waals surface area contributed by atoms with E-state index in [4.69, 9.17) is 24.0 Å². The quantitative estimate of drug-likeness (QED) is 0.569. The maximum absolute atomic E-state index is 11.3. The van der Waals surface area contributed by atoms with Crippen molar-refractivity contribution in [2.24, 2.45) is 0 Å². The highest BCUT2D eigenvalue weighted by molar-refractivity contribution is 6.62. The van der Waals surface area contributed by atoms with E-state index in [2.05, 4.69) is 6.07 Å². The molecule has 2 aromatic carbocycles. The van der Waals surface area contributed by atoms with Crippen LogP contribution in [0.15, 0.2) is 42.5 Å². The first kappa shape index (κ1) is 20.9. The van der Waals surface area contributed by atoms with Gasteiger partial charge in [0, 0.05) is 6.92 Å². The lowest BCUT2D eigenvalue weighted by molar-refractivity contribution is -0.142. The number of rotatable bonds is 5. The number of esters is 1. The number of hydrogen-bond donors (Lipinski definition) is 0. The van der Waals surface area contributed by atoms with Crippen LogP contribution in [0.25, 0.3) is 0 Å². The van der Waals surface area contributed by atoms with Gasteiger partial charge in [0.05, 0.1) is 22.8 Å². The fraction of sp³-hybridized carbons (Fsp3) is 0.364. The van der Waals surface area contributed by atoms with E-state index < -0.39 is 18.3 Å². The Labute approximate surface area is 171 Å². The molecule has 0 atom stereocenters. The number of ether oxygens (including phenoxy) is 2. The van der Waals surface area contributed by atoms with E-state index in [0.717, 1.165) is 11.0 Å². The Bertz CT molecular complexity index is 931. The van der Waals surface area contributed by atoms with Crippen molar-refractivity contribution in [1.82, 2.24) is 0 Å². The molecule has 0 spiro atoms. The van der Waals surface area contributed by atoms with E-state index >= 15 is 0 Å². The van der Waals surface area contributed by atoms with Crippen molar-refractivity contribution in [2.75, 3.05) is 0 Å². The third kappa shape index (κ3) is 4.61. The summed E-state index contributed by atoms with van der Waals surface area (Å²) in [6.45, 7) is 9.40. The van der Waals surface area contributed by atoms with E-state index in [1.54, 1.807) is 24.3 Å². The zero-order chi connectivity index (χ0) is 21.2. The second-order valence-corrected chi connectivity index (χ2v) is 7.97. The van der Waals surface area contributed by atoms with Crippen LogP contribution in [0.4, 0.5) is 0 Å². The number of hydrogen-bond acceptors (Lipinski definition) is 6. The summed E-state index contributed by atoms with van der Waals surface area (Å²) < 4.78 is 23.4. The Morgan fingerprint density at radius 2 is 1.62 bits per heavy atom. The molecule has 6 nitrogen and oxygen atoms in total. The highest BCUT2D eigenvalue weighted by Gasteiger charge is 2.52. The van der Waals surface area contributed by atoms with Gasteiger partial charge in [-0.25, -0.2) is 0 Å². The topological polar surface area (TPSA) is 77.8 Å². The van der Waals surface area contributed by atoms with Crippen LogP contribution in [0.1, 0.15) is 45.7 Å². The molecule has 0 N–H and O–H groups in total. The molecule has 0 unspecified atom stereocenters. The van der Waals surface area contributed by atoms with Crippen LogP contribution in [0.5, 0.6) is 11.5 Å². The molecule has 3 rings (SSSR count). The molecule has 1 heterocycles. The molecule has 0 aliphatic carbocycles. The third-order valence-electron chi connectivity index (χ3n) is 5.27. The van der Waals surface area contributed by atoms with Gasteiger partial charge < -0.3 is 18.8 Å². The smallest absolute Gasteiger partial charge is 0.461 e. The van der Waals surface area contributed by atoms with Crippen LogP contribution in [-0.4, -0.2) is 24.3 Å². The number of nitrogens with zero attached hydrogens (tertiary/aromatic N) is 1. The standard InChI is InChI=1S/C22H24BNO5/c1-15(25)26-14-17-12-19(27-18-8-6-16(13-24)7-9-18)10-11-20(17)23-28-21(2,3)22(4,5)29-23/h6-12H,14H2,1-5H3. The maximum Gasteiger partial charge on any atom is 0.495 e. The molecule has 0 saturated carbocycles. The van der Waals surface area contributed by atoms with Gasteiger partial charge in [-0.2, -0.15) is 5.26 Å². The summed E-state index contributed by atoms with van der Waals surface area (Å²) in [5, 5.41) is 8.91. The van der Waals surface area contributed by atoms with Crippen molar-refractivity contribution in [3.8, 4) is 17.6 Å². The summed E-state index contributed by atoms with van der Waals surface area (Å²) in [5.74, 6) is 0.811. The normalized spacial score (nSPS) is 16.9. The maximum atomic E-state index is 11.3. The van der Waals surface area contributed by atoms with Gasteiger partial charge in [0.1, 0.15) is 18.1 Å². The first-order valence-electron chi connectivity index (χ1n) is 9.41. The molecular formula is C22H24BNO5. The summed E-state index contributed by atoms with van der Waals surface area (Å²) in [7, 11) is -0.575. The summed E-state index contributed by atoms with van der Waals surface area (Å²) in [6.07, 6.45) is 0. The predicted molar refractivity (Wildman–Crippen MR) is 109 cm³/mol. The average molecular weight is 393 g/mol. The van der Waals surface area contributed by atoms with Gasteiger partial charge in [-0.05, 0) is 75.1 Å². The summed E-state index contributed by atoms with van der Waals surface area (Å²) >= 11 is 0. The molecule has 0 bridgehead atoms. The van der Waals surface area contributed by atoms with Gasteiger partial charge in [0.15, 0.2) is 0 Å².